The molecule has 1 aromatic carbocycles. The third kappa shape index (κ3) is 2.16. The van der Waals surface area contributed by atoms with Crippen LogP contribution in [0.15, 0.2) is 41.8 Å². The zero-order valence-electron chi connectivity index (χ0n) is 13.2. The molecule has 1 aromatic heterocycles. The molecular weight excluding hydrogens is 308 g/mol. The van der Waals surface area contributed by atoms with Gasteiger partial charge < -0.3 is 20.3 Å². The average Bonchev–Trinajstić information content (AvgIpc) is 2.85. The van der Waals surface area contributed by atoms with Gasteiger partial charge in [-0.1, -0.05) is 18.2 Å². The van der Waals surface area contributed by atoms with E-state index in [4.69, 9.17) is 4.74 Å². The van der Waals surface area contributed by atoms with Crippen LogP contribution in [0.2, 0.25) is 0 Å². The van der Waals surface area contributed by atoms with Crippen LogP contribution in [0, 0.1) is 0 Å². The number of amidine groups is 1. The predicted octanol–water partition coefficient (Wildman–Crippen LogP) is 0.615. The molecule has 1 fully saturated rings. The fraction of sp³-hybridized carbons (Fsp3) is 0.353. The monoisotopic (exact) mass is 326 g/mol. The van der Waals surface area contributed by atoms with Crippen LogP contribution in [0.5, 0.6) is 0 Å². The fourth-order valence-corrected chi connectivity index (χ4v) is 3.56. The lowest BCUT2D eigenvalue weighted by Crippen LogP contribution is -2.60. The molecule has 1 saturated heterocycles. The summed E-state index contributed by atoms with van der Waals surface area (Å²) < 4.78 is 5.15. The van der Waals surface area contributed by atoms with Gasteiger partial charge in [-0.05, 0) is 24.0 Å². The third-order valence-corrected chi connectivity index (χ3v) is 4.82. The van der Waals surface area contributed by atoms with E-state index < -0.39 is 11.5 Å². The van der Waals surface area contributed by atoms with Gasteiger partial charge in [-0.25, -0.2) is 4.99 Å². The molecule has 1 aliphatic heterocycles. The molecule has 1 atom stereocenters. The average molecular weight is 326 g/mol. The van der Waals surface area contributed by atoms with Gasteiger partial charge in [0.25, 0.3) is 6.02 Å². The van der Waals surface area contributed by atoms with Gasteiger partial charge in [0, 0.05) is 31.4 Å². The minimum Gasteiger partial charge on any atom is -0.406 e. The lowest BCUT2D eigenvalue weighted by atomic mass is 9.75. The van der Waals surface area contributed by atoms with Crippen LogP contribution in [0.25, 0.3) is 11.3 Å². The molecule has 0 amide bonds. The molecule has 124 valence electrons. The van der Waals surface area contributed by atoms with E-state index >= 15 is 0 Å². The standard InChI is InChI=1S/C17H18N4O3/c1-18-15-21-16(17(22,23)24-15)6-5-12-11(9-16)3-2-4-13(12)14-10-19-7-8-20-14/h2-4,7-8,10,22-23H,5-6,9H2,1H3,(H,18,21). The lowest BCUT2D eigenvalue weighted by Gasteiger charge is -2.39. The molecule has 2 aromatic rings. The van der Waals surface area contributed by atoms with E-state index in [1.807, 2.05) is 18.2 Å². The summed E-state index contributed by atoms with van der Waals surface area (Å²) in [7, 11) is 1.54. The fourth-order valence-electron chi connectivity index (χ4n) is 3.56. The van der Waals surface area contributed by atoms with Gasteiger partial charge in [0.05, 0.1) is 11.9 Å². The van der Waals surface area contributed by atoms with Gasteiger partial charge in [0.1, 0.15) is 5.54 Å². The topological polar surface area (TPSA) is 99.9 Å². The highest BCUT2D eigenvalue weighted by Crippen LogP contribution is 2.41. The summed E-state index contributed by atoms with van der Waals surface area (Å²) in [5.41, 5.74) is 3.03. The Bertz CT molecular complexity index is 807. The molecule has 0 radical (unpaired) electrons. The van der Waals surface area contributed by atoms with E-state index in [-0.39, 0.29) is 6.02 Å². The summed E-state index contributed by atoms with van der Waals surface area (Å²) >= 11 is 0. The van der Waals surface area contributed by atoms with Crippen molar-refractivity contribution >= 4 is 6.02 Å². The van der Waals surface area contributed by atoms with E-state index in [0.717, 1.165) is 22.4 Å². The summed E-state index contributed by atoms with van der Waals surface area (Å²) in [4.78, 5) is 12.4. The second-order valence-corrected chi connectivity index (χ2v) is 6.16. The number of aromatic nitrogens is 2. The number of nitrogens with one attached hydrogen (secondary N) is 1. The van der Waals surface area contributed by atoms with E-state index in [9.17, 15) is 10.2 Å². The molecule has 24 heavy (non-hydrogen) atoms. The third-order valence-electron chi connectivity index (χ3n) is 4.82. The van der Waals surface area contributed by atoms with Gasteiger partial charge in [-0.2, -0.15) is 0 Å². The first-order valence-electron chi connectivity index (χ1n) is 7.80. The first-order valence-corrected chi connectivity index (χ1v) is 7.80. The molecule has 1 unspecified atom stereocenters. The van der Waals surface area contributed by atoms with Gasteiger partial charge >= 0.3 is 5.97 Å². The Labute approximate surface area is 139 Å². The van der Waals surface area contributed by atoms with Crippen LogP contribution in [0.1, 0.15) is 17.5 Å². The second kappa shape index (κ2) is 5.25. The largest absolute Gasteiger partial charge is 0.406 e. The molecule has 2 aliphatic rings. The molecule has 3 N–H and O–H groups in total. The SMILES string of the molecule is CN=C1NC2(CCc3c(cccc3-c3cnccn3)C2)C(O)(O)O1. The zero-order chi connectivity index (χ0) is 16.8. The molecule has 7 nitrogen and oxygen atoms in total. The Kier molecular flexibility index (Phi) is 3.29. The second-order valence-electron chi connectivity index (χ2n) is 6.16. The maximum absolute atomic E-state index is 10.4. The predicted molar refractivity (Wildman–Crippen MR) is 87.0 cm³/mol. The van der Waals surface area contributed by atoms with E-state index in [1.165, 1.54) is 0 Å². The number of hydrogen-bond donors (Lipinski definition) is 3. The van der Waals surface area contributed by atoms with Gasteiger partial charge in [-0.15, -0.1) is 0 Å². The highest BCUT2D eigenvalue weighted by atomic mass is 16.8. The quantitative estimate of drug-likeness (QED) is 0.664. The Morgan fingerprint density at radius 2 is 2.17 bits per heavy atom. The van der Waals surface area contributed by atoms with E-state index in [0.29, 0.717) is 19.3 Å². The Morgan fingerprint density at radius 3 is 2.88 bits per heavy atom. The molecule has 0 bridgehead atoms. The molecule has 4 rings (SSSR count). The molecule has 0 saturated carbocycles. The Balaban J connectivity index is 1.75. The Hall–Kier alpha value is -2.51. The summed E-state index contributed by atoms with van der Waals surface area (Å²) in [6.07, 6.45) is 6.64. The normalized spacial score (nSPS) is 26.0. The number of benzene rings is 1. The molecule has 1 aliphatic carbocycles. The van der Waals surface area contributed by atoms with E-state index in [2.05, 4.69) is 20.3 Å². The Morgan fingerprint density at radius 1 is 1.29 bits per heavy atom. The molecule has 7 heteroatoms. The van der Waals surface area contributed by atoms with Crippen LogP contribution < -0.4 is 5.32 Å². The molecule has 1 spiro atoms. The number of fused-ring (bicyclic) bond motifs is 1. The zero-order valence-corrected chi connectivity index (χ0v) is 13.2. The number of aliphatic hydroxyl groups is 2. The van der Waals surface area contributed by atoms with Crippen molar-refractivity contribution in [1.29, 1.82) is 0 Å². The number of aliphatic imine (C=N–C) groups is 1. The van der Waals surface area contributed by atoms with Crippen molar-refractivity contribution in [3.8, 4) is 11.3 Å². The smallest absolute Gasteiger partial charge is 0.349 e. The number of hydrogen-bond acceptors (Lipinski definition) is 6. The minimum atomic E-state index is -2.29. The van der Waals surface area contributed by atoms with Gasteiger partial charge in [0.15, 0.2) is 0 Å². The number of ether oxygens (including phenoxy) is 1. The van der Waals surface area contributed by atoms with Gasteiger partial charge in [0.2, 0.25) is 0 Å². The highest BCUT2D eigenvalue weighted by Gasteiger charge is 2.59. The highest BCUT2D eigenvalue weighted by molar-refractivity contribution is 5.78. The number of nitrogens with zero attached hydrogens (tertiary/aromatic N) is 3. The first-order chi connectivity index (χ1) is 11.5. The molecule has 2 heterocycles. The van der Waals surface area contributed by atoms with Crippen molar-refractivity contribution < 1.29 is 14.9 Å². The minimum absolute atomic E-state index is 0.147. The summed E-state index contributed by atoms with van der Waals surface area (Å²) in [6, 6.07) is 6.11. The van der Waals surface area contributed by atoms with Crippen LogP contribution in [0.3, 0.4) is 0 Å². The lowest BCUT2D eigenvalue weighted by molar-refractivity contribution is -0.323. The van der Waals surface area contributed by atoms with Crippen molar-refractivity contribution in [2.45, 2.75) is 30.8 Å². The van der Waals surface area contributed by atoms with Crippen molar-refractivity contribution in [2.75, 3.05) is 7.05 Å². The summed E-state index contributed by atoms with van der Waals surface area (Å²) in [5, 5.41) is 23.7. The van der Waals surface area contributed by atoms with Crippen molar-refractivity contribution in [2.24, 2.45) is 4.99 Å². The van der Waals surface area contributed by atoms with Crippen LogP contribution in [-0.4, -0.2) is 44.8 Å². The maximum atomic E-state index is 10.4. The summed E-state index contributed by atoms with van der Waals surface area (Å²) in [6.45, 7) is 0. The van der Waals surface area contributed by atoms with Crippen molar-refractivity contribution in [3.05, 3.63) is 47.9 Å². The van der Waals surface area contributed by atoms with Crippen molar-refractivity contribution in [3.63, 3.8) is 0 Å². The van der Waals surface area contributed by atoms with Crippen LogP contribution in [-0.2, 0) is 17.6 Å². The molecular formula is C17H18N4O3. The van der Waals surface area contributed by atoms with Crippen LogP contribution >= 0.6 is 0 Å². The van der Waals surface area contributed by atoms with E-state index in [1.54, 1.807) is 25.6 Å². The van der Waals surface area contributed by atoms with Crippen molar-refractivity contribution in [1.82, 2.24) is 15.3 Å². The number of rotatable bonds is 1. The van der Waals surface area contributed by atoms with Gasteiger partial charge in [-0.3, -0.25) is 9.97 Å². The summed E-state index contributed by atoms with van der Waals surface area (Å²) in [5.74, 6) is -2.29. The van der Waals surface area contributed by atoms with Crippen LogP contribution in [0.4, 0.5) is 0 Å². The first kappa shape index (κ1) is 15.0. The maximum Gasteiger partial charge on any atom is 0.349 e.